The van der Waals surface area contributed by atoms with Crippen LogP contribution < -0.4 is 0 Å². The van der Waals surface area contributed by atoms with E-state index in [1.165, 1.54) is 12.8 Å². The molecule has 0 amide bonds. The molecule has 0 N–H and O–H groups in total. The third kappa shape index (κ3) is 9.71. The maximum Gasteiger partial charge on any atom is 0.0837 e. The molecule has 0 saturated heterocycles. The summed E-state index contributed by atoms with van der Waals surface area (Å²) in [6, 6.07) is 0. The molecule has 0 aliphatic heterocycles. The minimum absolute atomic E-state index is 0.225. The van der Waals surface area contributed by atoms with Gasteiger partial charge in [0.05, 0.1) is 65.1 Å². The zero-order chi connectivity index (χ0) is 15.9. The third-order valence-corrected chi connectivity index (χ3v) is 3.68. The maximum absolute atomic E-state index is 5.85. The van der Waals surface area contributed by atoms with Crippen LogP contribution in [0.1, 0.15) is 25.7 Å². The van der Waals surface area contributed by atoms with Gasteiger partial charge in [-0.1, -0.05) is 12.8 Å². The lowest BCUT2D eigenvalue weighted by Gasteiger charge is -2.30. The highest BCUT2D eigenvalue weighted by Gasteiger charge is 2.25. The number of rotatable bonds is 14. The van der Waals surface area contributed by atoms with E-state index in [9.17, 15) is 0 Å². The zero-order valence-electron chi connectivity index (χ0n) is 14.1. The molecule has 0 spiro atoms. The van der Waals surface area contributed by atoms with E-state index in [-0.39, 0.29) is 12.2 Å². The quantitative estimate of drug-likeness (QED) is 0.454. The molecule has 0 bridgehead atoms. The molecular weight excluding hydrogens is 288 g/mol. The van der Waals surface area contributed by atoms with Crippen LogP contribution in [-0.4, -0.2) is 79.3 Å². The Morgan fingerprint density at radius 3 is 1.68 bits per heavy atom. The highest BCUT2D eigenvalue weighted by atomic mass is 16.6. The first-order valence-electron chi connectivity index (χ1n) is 8.25. The lowest BCUT2D eigenvalue weighted by Crippen LogP contribution is -2.34. The van der Waals surface area contributed by atoms with Crippen molar-refractivity contribution in [2.24, 2.45) is 0 Å². The molecular formula is C16H32O6. The SMILES string of the molecule is COCCOCCOCCOCCOC1CCCCC1OC. The van der Waals surface area contributed by atoms with Crippen molar-refractivity contribution in [3.05, 3.63) is 0 Å². The zero-order valence-corrected chi connectivity index (χ0v) is 14.1. The van der Waals surface area contributed by atoms with E-state index in [0.29, 0.717) is 52.9 Å². The Morgan fingerprint density at radius 1 is 0.636 bits per heavy atom. The molecule has 1 aliphatic carbocycles. The van der Waals surface area contributed by atoms with E-state index >= 15 is 0 Å². The van der Waals surface area contributed by atoms with Crippen molar-refractivity contribution in [3.8, 4) is 0 Å². The molecule has 22 heavy (non-hydrogen) atoms. The first kappa shape index (κ1) is 19.8. The van der Waals surface area contributed by atoms with Gasteiger partial charge in [0, 0.05) is 14.2 Å². The van der Waals surface area contributed by atoms with E-state index in [1.54, 1.807) is 14.2 Å². The van der Waals surface area contributed by atoms with Gasteiger partial charge in [0.25, 0.3) is 0 Å². The lowest BCUT2D eigenvalue weighted by atomic mass is 9.94. The number of ether oxygens (including phenoxy) is 6. The summed E-state index contributed by atoms with van der Waals surface area (Å²) in [5.41, 5.74) is 0. The molecule has 6 nitrogen and oxygen atoms in total. The Hall–Kier alpha value is -0.240. The van der Waals surface area contributed by atoms with Crippen molar-refractivity contribution in [2.75, 3.05) is 67.1 Å². The Balaban J connectivity index is 1.81. The first-order valence-corrected chi connectivity index (χ1v) is 8.25. The molecule has 2 unspecified atom stereocenters. The van der Waals surface area contributed by atoms with Crippen molar-refractivity contribution in [3.63, 3.8) is 0 Å². The summed E-state index contributed by atoms with van der Waals surface area (Å²) in [4.78, 5) is 0. The summed E-state index contributed by atoms with van der Waals surface area (Å²) in [5.74, 6) is 0. The van der Waals surface area contributed by atoms with Gasteiger partial charge in [-0.2, -0.15) is 0 Å². The Bertz CT molecular complexity index is 239. The van der Waals surface area contributed by atoms with Gasteiger partial charge >= 0.3 is 0 Å². The average Bonchev–Trinajstić information content (AvgIpc) is 2.56. The standard InChI is InChI=1S/C16H32O6/c1-17-7-8-19-9-10-20-11-12-21-13-14-22-16-6-4-3-5-15(16)18-2/h15-16H,3-14H2,1-2H3. The molecule has 132 valence electrons. The molecule has 6 heteroatoms. The molecule has 1 rings (SSSR count). The fourth-order valence-corrected chi connectivity index (χ4v) is 2.47. The van der Waals surface area contributed by atoms with Gasteiger partial charge in [-0.05, 0) is 12.8 Å². The normalized spacial score (nSPS) is 22.1. The van der Waals surface area contributed by atoms with Crippen molar-refractivity contribution < 1.29 is 28.4 Å². The predicted octanol–water partition coefficient (Wildman–Crippen LogP) is 1.66. The largest absolute Gasteiger partial charge is 0.382 e. The first-order chi connectivity index (χ1) is 10.9. The van der Waals surface area contributed by atoms with E-state index in [4.69, 9.17) is 28.4 Å². The second-order valence-corrected chi connectivity index (χ2v) is 5.30. The van der Waals surface area contributed by atoms with Crippen LogP contribution in [0.5, 0.6) is 0 Å². The molecule has 0 aromatic rings. The Kier molecular flexibility index (Phi) is 12.9. The topological polar surface area (TPSA) is 55.4 Å². The van der Waals surface area contributed by atoms with Crippen LogP contribution in [0.15, 0.2) is 0 Å². The van der Waals surface area contributed by atoms with E-state index in [0.717, 1.165) is 12.8 Å². The molecule has 0 aromatic carbocycles. The van der Waals surface area contributed by atoms with E-state index in [1.807, 2.05) is 0 Å². The van der Waals surface area contributed by atoms with Crippen LogP contribution >= 0.6 is 0 Å². The summed E-state index contributed by atoms with van der Waals surface area (Å²) in [7, 11) is 3.42. The second-order valence-electron chi connectivity index (χ2n) is 5.30. The highest BCUT2D eigenvalue weighted by Crippen LogP contribution is 2.23. The molecule has 1 saturated carbocycles. The van der Waals surface area contributed by atoms with Crippen LogP contribution in [0.4, 0.5) is 0 Å². The van der Waals surface area contributed by atoms with Gasteiger partial charge in [-0.3, -0.25) is 0 Å². The molecule has 2 atom stereocenters. The van der Waals surface area contributed by atoms with E-state index < -0.39 is 0 Å². The van der Waals surface area contributed by atoms with Gasteiger partial charge < -0.3 is 28.4 Å². The van der Waals surface area contributed by atoms with Gasteiger partial charge in [-0.15, -0.1) is 0 Å². The van der Waals surface area contributed by atoms with Crippen LogP contribution in [0, 0.1) is 0 Å². The van der Waals surface area contributed by atoms with Crippen molar-refractivity contribution in [1.29, 1.82) is 0 Å². The van der Waals surface area contributed by atoms with E-state index in [2.05, 4.69) is 0 Å². The summed E-state index contributed by atoms with van der Waals surface area (Å²) < 4.78 is 32.3. The van der Waals surface area contributed by atoms with Gasteiger partial charge in [-0.25, -0.2) is 0 Å². The summed E-state index contributed by atoms with van der Waals surface area (Å²) >= 11 is 0. The van der Waals surface area contributed by atoms with Crippen LogP contribution in [0.3, 0.4) is 0 Å². The van der Waals surface area contributed by atoms with Crippen molar-refractivity contribution in [2.45, 2.75) is 37.9 Å². The average molecular weight is 320 g/mol. The van der Waals surface area contributed by atoms with Gasteiger partial charge in [0.1, 0.15) is 0 Å². The maximum atomic E-state index is 5.85. The number of methoxy groups -OCH3 is 2. The summed E-state index contributed by atoms with van der Waals surface area (Å²) in [6.45, 7) is 4.78. The second kappa shape index (κ2) is 14.4. The molecule has 1 aliphatic rings. The molecule has 1 fully saturated rings. The Labute approximate surface area is 134 Å². The smallest absolute Gasteiger partial charge is 0.0837 e. The molecule has 0 heterocycles. The summed E-state index contributed by atoms with van der Waals surface area (Å²) in [6.07, 6.45) is 5.12. The van der Waals surface area contributed by atoms with Crippen LogP contribution in [-0.2, 0) is 28.4 Å². The number of hydrogen-bond acceptors (Lipinski definition) is 6. The fraction of sp³-hybridized carbons (Fsp3) is 1.00. The minimum atomic E-state index is 0.225. The van der Waals surface area contributed by atoms with Gasteiger partial charge in [0.15, 0.2) is 0 Å². The highest BCUT2D eigenvalue weighted by molar-refractivity contribution is 4.76. The third-order valence-electron chi connectivity index (χ3n) is 3.68. The van der Waals surface area contributed by atoms with Crippen molar-refractivity contribution >= 4 is 0 Å². The number of hydrogen-bond donors (Lipinski definition) is 0. The minimum Gasteiger partial charge on any atom is -0.382 e. The fourth-order valence-electron chi connectivity index (χ4n) is 2.47. The van der Waals surface area contributed by atoms with Crippen LogP contribution in [0.25, 0.3) is 0 Å². The monoisotopic (exact) mass is 320 g/mol. The molecule has 0 radical (unpaired) electrons. The summed E-state index contributed by atoms with van der Waals surface area (Å²) in [5, 5.41) is 0. The predicted molar refractivity (Wildman–Crippen MR) is 83.3 cm³/mol. The molecule has 0 aromatic heterocycles. The lowest BCUT2D eigenvalue weighted by molar-refractivity contribution is -0.0904. The van der Waals surface area contributed by atoms with Gasteiger partial charge in [0.2, 0.25) is 0 Å². The van der Waals surface area contributed by atoms with Crippen LogP contribution in [0.2, 0.25) is 0 Å². The Morgan fingerprint density at radius 2 is 1.14 bits per heavy atom. The van der Waals surface area contributed by atoms with Crippen molar-refractivity contribution in [1.82, 2.24) is 0 Å².